The number of thioether (sulfide) groups is 1. The highest BCUT2D eigenvalue weighted by atomic mass is 32.2. The maximum atomic E-state index is 12.9. The molecule has 1 amide bonds. The van der Waals surface area contributed by atoms with Crippen molar-refractivity contribution in [3.05, 3.63) is 59.0 Å². The molecule has 6 nitrogen and oxygen atoms in total. The van der Waals surface area contributed by atoms with E-state index in [-0.39, 0.29) is 12.5 Å². The van der Waals surface area contributed by atoms with Crippen molar-refractivity contribution in [1.82, 2.24) is 0 Å². The number of carbonyl (C=O) groups excluding carboxylic acids is 2. The van der Waals surface area contributed by atoms with Gasteiger partial charge in [-0.1, -0.05) is 36.1 Å². The molecule has 0 bridgehead atoms. The van der Waals surface area contributed by atoms with Crippen molar-refractivity contribution < 1.29 is 19.1 Å². The molecule has 0 spiro atoms. The first-order valence-corrected chi connectivity index (χ1v) is 9.96. The number of carbonyl (C=O) groups is 2. The molecule has 2 aromatic carbocycles. The molecule has 0 saturated carbocycles. The van der Waals surface area contributed by atoms with E-state index in [4.69, 9.17) is 17.0 Å². The molecule has 0 atom stereocenters. The van der Waals surface area contributed by atoms with Crippen LogP contribution in [-0.4, -0.2) is 44.0 Å². The highest BCUT2D eigenvalue weighted by Crippen LogP contribution is 2.36. The van der Waals surface area contributed by atoms with Crippen molar-refractivity contribution in [2.24, 2.45) is 0 Å². The van der Waals surface area contributed by atoms with Gasteiger partial charge in [-0.05, 0) is 48.0 Å². The van der Waals surface area contributed by atoms with Crippen LogP contribution in [0.25, 0.3) is 6.08 Å². The molecule has 8 heteroatoms. The lowest BCUT2D eigenvalue weighted by Gasteiger charge is -2.17. The number of rotatable bonds is 6. The van der Waals surface area contributed by atoms with Gasteiger partial charge in [0.15, 0.2) is 10.9 Å². The first-order valence-electron chi connectivity index (χ1n) is 8.74. The third kappa shape index (κ3) is 4.96. The largest absolute Gasteiger partial charge is 0.482 e. The van der Waals surface area contributed by atoms with Crippen LogP contribution in [0.1, 0.15) is 5.56 Å². The third-order valence-corrected chi connectivity index (χ3v) is 5.48. The molecule has 1 aliphatic heterocycles. The van der Waals surface area contributed by atoms with E-state index in [2.05, 4.69) is 4.74 Å². The Morgan fingerprint density at radius 2 is 1.79 bits per heavy atom. The Morgan fingerprint density at radius 1 is 1.14 bits per heavy atom. The molecule has 0 radical (unpaired) electrons. The summed E-state index contributed by atoms with van der Waals surface area (Å²) in [4.78, 5) is 28.1. The average molecular weight is 429 g/mol. The lowest BCUT2D eigenvalue weighted by atomic mass is 10.2. The van der Waals surface area contributed by atoms with Crippen molar-refractivity contribution in [3.8, 4) is 5.75 Å². The lowest BCUT2D eigenvalue weighted by molar-refractivity contribution is -0.142. The number of anilines is 2. The van der Waals surface area contributed by atoms with Crippen LogP contribution in [0.2, 0.25) is 0 Å². The zero-order valence-corrected chi connectivity index (χ0v) is 17.9. The summed E-state index contributed by atoms with van der Waals surface area (Å²) in [5.41, 5.74) is 2.62. The SMILES string of the molecule is COC(=O)COc1ccc(/C=C2\SC(=S)N(c3ccc(N(C)C)cc3)C2=O)cc1. The van der Waals surface area contributed by atoms with E-state index in [0.29, 0.717) is 15.0 Å². The minimum Gasteiger partial charge on any atom is -0.482 e. The Morgan fingerprint density at radius 3 is 2.38 bits per heavy atom. The van der Waals surface area contributed by atoms with Crippen LogP contribution < -0.4 is 14.5 Å². The first-order chi connectivity index (χ1) is 13.9. The van der Waals surface area contributed by atoms with Crippen molar-refractivity contribution in [2.75, 3.05) is 37.6 Å². The van der Waals surface area contributed by atoms with E-state index < -0.39 is 5.97 Å². The van der Waals surface area contributed by atoms with E-state index in [1.54, 1.807) is 23.1 Å². The molecule has 2 aromatic rings. The molecule has 1 saturated heterocycles. The number of hydrogen-bond acceptors (Lipinski definition) is 7. The van der Waals surface area contributed by atoms with Gasteiger partial charge >= 0.3 is 5.97 Å². The number of amides is 1. The second kappa shape index (κ2) is 9.11. The third-order valence-electron chi connectivity index (χ3n) is 4.18. The number of nitrogens with zero attached hydrogens (tertiary/aromatic N) is 2. The normalized spacial score (nSPS) is 15.0. The molecular formula is C21H20N2O4S2. The van der Waals surface area contributed by atoms with Crippen molar-refractivity contribution >= 4 is 57.6 Å². The Kier molecular flexibility index (Phi) is 6.56. The molecule has 0 N–H and O–H groups in total. The van der Waals surface area contributed by atoms with Crippen molar-refractivity contribution in [3.63, 3.8) is 0 Å². The van der Waals surface area contributed by atoms with Crippen molar-refractivity contribution in [1.29, 1.82) is 0 Å². The molecule has 3 rings (SSSR count). The van der Waals surface area contributed by atoms with Gasteiger partial charge in [-0.3, -0.25) is 9.69 Å². The highest BCUT2D eigenvalue weighted by Gasteiger charge is 2.33. The summed E-state index contributed by atoms with van der Waals surface area (Å²) < 4.78 is 10.4. The summed E-state index contributed by atoms with van der Waals surface area (Å²) in [6.45, 7) is -0.152. The number of methoxy groups -OCH3 is 1. The van der Waals surface area contributed by atoms with Gasteiger partial charge in [0.2, 0.25) is 0 Å². The molecule has 29 heavy (non-hydrogen) atoms. The molecule has 0 aliphatic carbocycles. The summed E-state index contributed by atoms with van der Waals surface area (Å²) in [5.74, 6) is -0.0546. The summed E-state index contributed by atoms with van der Waals surface area (Å²) in [6, 6.07) is 14.8. The van der Waals surface area contributed by atoms with E-state index in [1.165, 1.54) is 18.9 Å². The summed E-state index contributed by atoms with van der Waals surface area (Å²) in [6.07, 6.45) is 1.79. The fraction of sp³-hybridized carbons (Fsp3) is 0.190. The van der Waals surface area contributed by atoms with E-state index in [0.717, 1.165) is 16.9 Å². The van der Waals surface area contributed by atoms with Gasteiger partial charge in [-0.2, -0.15) is 0 Å². The summed E-state index contributed by atoms with van der Waals surface area (Å²) >= 11 is 6.69. The quantitative estimate of drug-likeness (QED) is 0.395. The van der Waals surface area contributed by atoms with Crippen LogP contribution >= 0.6 is 24.0 Å². The maximum Gasteiger partial charge on any atom is 0.343 e. The minimum atomic E-state index is -0.448. The fourth-order valence-corrected chi connectivity index (χ4v) is 3.90. The Hall–Kier alpha value is -2.84. The van der Waals surface area contributed by atoms with E-state index in [1.807, 2.05) is 55.4 Å². The van der Waals surface area contributed by atoms with Crippen LogP contribution in [-0.2, 0) is 14.3 Å². The van der Waals surface area contributed by atoms with Gasteiger partial charge in [-0.15, -0.1) is 0 Å². The predicted molar refractivity (Wildman–Crippen MR) is 120 cm³/mol. The number of thiocarbonyl (C=S) groups is 1. The molecule has 0 unspecified atom stereocenters. The fourth-order valence-electron chi connectivity index (χ4n) is 2.60. The van der Waals surface area contributed by atoms with Crippen LogP contribution in [0.15, 0.2) is 53.4 Å². The smallest absolute Gasteiger partial charge is 0.343 e. The Labute approximate surface area is 179 Å². The minimum absolute atomic E-state index is 0.149. The Bertz CT molecular complexity index is 954. The molecule has 0 aromatic heterocycles. The first kappa shape index (κ1) is 20.9. The number of hydrogen-bond donors (Lipinski definition) is 0. The molecular weight excluding hydrogens is 408 g/mol. The van der Waals surface area contributed by atoms with Gasteiger partial charge in [-0.25, -0.2) is 4.79 Å². The van der Waals surface area contributed by atoms with Gasteiger partial charge in [0.05, 0.1) is 17.7 Å². The predicted octanol–water partition coefficient (Wildman–Crippen LogP) is 3.71. The van der Waals surface area contributed by atoms with Crippen LogP contribution in [0.4, 0.5) is 11.4 Å². The molecule has 1 heterocycles. The van der Waals surface area contributed by atoms with Gasteiger partial charge in [0.25, 0.3) is 5.91 Å². The topological polar surface area (TPSA) is 59.1 Å². The van der Waals surface area contributed by atoms with Crippen molar-refractivity contribution in [2.45, 2.75) is 0 Å². The second-order valence-electron chi connectivity index (χ2n) is 6.36. The van der Waals surface area contributed by atoms with Crippen LogP contribution in [0.3, 0.4) is 0 Å². The van der Waals surface area contributed by atoms with Gasteiger partial charge in [0, 0.05) is 19.8 Å². The number of benzene rings is 2. The van der Waals surface area contributed by atoms with Crippen LogP contribution in [0.5, 0.6) is 5.75 Å². The number of ether oxygens (including phenoxy) is 2. The zero-order valence-electron chi connectivity index (χ0n) is 16.2. The summed E-state index contributed by atoms with van der Waals surface area (Å²) in [5, 5.41) is 0. The second-order valence-corrected chi connectivity index (χ2v) is 8.04. The molecule has 1 fully saturated rings. The zero-order chi connectivity index (χ0) is 21.0. The number of esters is 1. The Balaban J connectivity index is 1.73. The van der Waals surface area contributed by atoms with E-state index in [9.17, 15) is 9.59 Å². The standard InChI is InChI=1S/C21H20N2O4S2/c1-22(2)15-6-8-16(9-7-15)23-20(25)18(29-21(23)28)12-14-4-10-17(11-5-14)27-13-19(24)26-3/h4-12H,13H2,1-3H3/b18-12-. The molecule has 150 valence electrons. The monoisotopic (exact) mass is 428 g/mol. The summed E-state index contributed by atoms with van der Waals surface area (Å²) in [7, 11) is 5.23. The maximum absolute atomic E-state index is 12.9. The van der Waals surface area contributed by atoms with Gasteiger partial charge < -0.3 is 14.4 Å². The van der Waals surface area contributed by atoms with Gasteiger partial charge in [0.1, 0.15) is 5.75 Å². The molecule has 1 aliphatic rings. The van der Waals surface area contributed by atoms with E-state index >= 15 is 0 Å². The average Bonchev–Trinajstić information content (AvgIpc) is 3.00. The lowest BCUT2D eigenvalue weighted by Crippen LogP contribution is -2.27. The van der Waals surface area contributed by atoms with Crippen LogP contribution in [0, 0.1) is 0 Å². The highest BCUT2D eigenvalue weighted by molar-refractivity contribution is 8.27.